The van der Waals surface area contributed by atoms with Crippen molar-refractivity contribution in [1.29, 1.82) is 0 Å². The first kappa shape index (κ1) is 21.1. The summed E-state index contributed by atoms with van der Waals surface area (Å²) in [4.78, 5) is 17.5. The Morgan fingerprint density at radius 3 is 1.93 bits per heavy atom. The lowest BCUT2D eigenvalue weighted by atomic mass is 9.82. The van der Waals surface area contributed by atoms with Crippen LogP contribution in [-0.4, -0.2) is 43.7 Å². The van der Waals surface area contributed by atoms with Crippen molar-refractivity contribution in [1.82, 2.24) is 19.9 Å². The molecule has 0 unspecified atom stereocenters. The van der Waals surface area contributed by atoms with Crippen LogP contribution in [0.4, 0.5) is 0 Å². The van der Waals surface area contributed by atoms with Crippen molar-refractivity contribution in [2.45, 2.75) is 52.7 Å². The summed E-state index contributed by atoms with van der Waals surface area (Å²) in [6, 6.07) is 12.0. The molecule has 7 heteroatoms. The molecule has 3 aromatic rings. The Morgan fingerprint density at radius 1 is 0.828 bits per heavy atom. The molecule has 3 rings (SSSR count). The third-order valence-electron chi connectivity index (χ3n) is 5.20. The van der Waals surface area contributed by atoms with Crippen molar-refractivity contribution >= 4 is 12.9 Å². The van der Waals surface area contributed by atoms with Crippen molar-refractivity contribution in [2.24, 2.45) is 0 Å². The summed E-state index contributed by atoms with van der Waals surface area (Å²) in [7, 11) is 0.432. The van der Waals surface area contributed by atoms with E-state index in [2.05, 4.69) is 19.9 Å². The third-order valence-corrected chi connectivity index (χ3v) is 5.20. The van der Waals surface area contributed by atoms with Crippen LogP contribution in [0.2, 0.25) is 0 Å². The SMILES string of the molecule is Cc1nc(C)nc(-c2ccc(-c3ccc(BOC(C)(C)C(C)(C)O)cc3)nc2)n1. The van der Waals surface area contributed by atoms with Gasteiger partial charge in [0.2, 0.25) is 0 Å². The molecule has 1 aromatic carbocycles. The van der Waals surface area contributed by atoms with Crippen molar-refractivity contribution in [3.8, 4) is 22.6 Å². The van der Waals surface area contributed by atoms with Gasteiger partial charge in [-0.25, -0.2) is 15.0 Å². The Hall–Kier alpha value is -2.64. The smallest absolute Gasteiger partial charge is 0.309 e. The van der Waals surface area contributed by atoms with E-state index in [0.717, 1.165) is 22.3 Å². The lowest BCUT2D eigenvalue weighted by molar-refractivity contribution is -0.0893. The molecule has 6 nitrogen and oxygen atoms in total. The Bertz CT molecular complexity index is 961. The number of hydrogen-bond acceptors (Lipinski definition) is 6. The van der Waals surface area contributed by atoms with Gasteiger partial charge in [0, 0.05) is 17.3 Å². The van der Waals surface area contributed by atoms with E-state index < -0.39 is 11.2 Å². The zero-order chi connectivity index (χ0) is 21.2. The monoisotopic (exact) mass is 390 g/mol. The highest BCUT2D eigenvalue weighted by Gasteiger charge is 2.35. The number of hydrogen-bond donors (Lipinski definition) is 1. The van der Waals surface area contributed by atoms with Crippen LogP contribution in [0, 0.1) is 13.8 Å². The van der Waals surface area contributed by atoms with Crippen LogP contribution in [0.1, 0.15) is 39.3 Å². The molecule has 0 amide bonds. The maximum atomic E-state index is 10.2. The van der Waals surface area contributed by atoms with E-state index in [1.54, 1.807) is 20.0 Å². The van der Waals surface area contributed by atoms with Gasteiger partial charge in [-0.15, -0.1) is 0 Å². The van der Waals surface area contributed by atoms with Gasteiger partial charge in [0.1, 0.15) is 11.6 Å². The number of nitrogens with zero attached hydrogens (tertiary/aromatic N) is 4. The number of pyridine rings is 1. The molecule has 0 fully saturated rings. The summed E-state index contributed by atoms with van der Waals surface area (Å²) >= 11 is 0. The van der Waals surface area contributed by atoms with Crippen molar-refractivity contribution in [2.75, 3.05) is 0 Å². The van der Waals surface area contributed by atoms with Gasteiger partial charge in [0.15, 0.2) is 5.82 Å². The molecule has 0 saturated heterocycles. The van der Waals surface area contributed by atoms with Crippen molar-refractivity contribution in [3.05, 3.63) is 54.2 Å². The molecule has 0 bridgehead atoms. The van der Waals surface area contributed by atoms with E-state index in [4.69, 9.17) is 4.65 Å². The standard InChI is InChI=1S/C22H27BN4O2/c1-14-25-15(2)27-20(26-14)17-9-12-19(24-13-17)16-7-10-18(11-8-16)23-29-22(5,6)21(3,4)28/h7-13,23,28H,1-6H3. The van der Waals surface area contributed by atoms with Gasteiger partial charge in [-0.05, 0) is 53.7 Å². The maximum Gasteiger partial charge on any atom is 0.309 e. The highest BCUT2D eigenvalue weighted by atomic mass is 16.5. The van der Waals surface area contributed by atoms with E-state index in [1.165, 1.54) is 0 Å². The highest BCUT2D eigenvalue weighted by molar-refractivity contribution is 6.47. The molecule has 0 aliphatic rings. The zero-order valence-corrected chi connectivity index (χ0v) is 17.9. The van der Waals surface area contributed by atoms with Gasteiger partial charge in [-0.3, -0.25) is 4.98 Å². The van der Waals surface area contributed by atoms with Crippen LogP contribution < -0.4 is 5.46 Å². The van der Waals surface area contributed by atoms with Crippen LogP contribution in [0.5, 0.6) is 0 Å². The van der Waals surface area contributed by atoms with E-state index in [0.29, 0.717) is 25.0 Å². The fourth-order valence-corrected chi connectivity index (χ4v) is 2.65. The molecule has 1 N–H and O–H groups in total. The van der Waals surface area contributed by atoms with Crippen LogP contribution in [0.15, 0.2) is 42.6 Å². The predicted octanol–water partition coefficient (Wildman–Crippen LogP) is 2.76. The van der Waals surface area contributed by atoms with Crippen LogP contribution in [0.25, 0.3) is 22.6 Å². The average Bonchev–Trinajstić information content (AvgIpc) is 2.65. The highest BCUT2D eigenvalue weighted by Crippen LogP contribution is 2.24. The molecule has 29 heavy (non-hydrogen) atoms. The first-order valence-electron chi connectivity index (χ1n) is 9.66. The van der Waals surface area contributed by atoms with E-state index in [9.17, 15) is 5.11 Å². The molecule has 0 spiro atoms. The fraction of sp³-hybridized carbons (Fsp3) is 0.364. The Labute approximate surface area is 172 Å². The first-order chi connectivity index (χ1) is 13.5. The second kappa shape index (κ2) is 8.01. The van der Waals surface area contributed by atoms with Crippen LogP contribution in [0.3, 0.4) is 0 Å². The summed E-state index contributed by atoms with van der Waals surface area (Å²) < 4.78 is 5.92. The zero-order valence-electron chi connectivity index (χ0n) is 17.9. The topological polar surface area (TPSA) is 81.0 Å². The van der Waals surface area contributed by atoms with E-state index in [1.807, 2.05) is 64.1 Å². The molecular formula is C22H27BN4O2. The minimum atomic E-state index is -0.922. The van der Waals surface area contributed by atoms with Gasteiger partial charge < -0.3 is 9.76 Å². The minimum absolute atomic E-state index is 0.432. The quantitative estimate of drug-likeness (QED) is 0.652. The summed E-state index contributed by atoms with van der Waals surface area (Å²) in [5, 5.41) is 10.2. The molecular weight excluding hydrogens is 363 g/mol. The van der Waals surface area contributed by atoms with Gasteiger partial charge >= 0.3 is 7.48 Å². The van der Waals surface area contributed by atoms with E-state index in [-0.39, 0.29) is 0 Å². The average molecular weight is 390 g/mol. The summed E-state index contributed by atoms with van der Waals surface area (Å²) in [6.45, 7) is 11.0. The van der Waals surface area contributed by atoms with E-state index >= 15 is 0 Å². The minimum Gasteiger partial charge on any atom is -0.427 e. The summed E-state index contributed by atoms with van der Waals surface area (Å²) in [6.07, 6.45) is 1.78. The van der Waals surface area contributed by atoms with Gasteiger partial charge in [-0.1, -0.05) is 29.7 Å². The molecule has 2 heterocycles. The number of aromatic nitrogens is 4. The molecule has 0 radical (unpaired) electrons. The fourth-order valence-electron chi connectivity index (χ4n) is 2.65. The number of aryl methyl sites for hydroxylation is 2. The largest absolute Gasteiger partial charge is 0.427 e. The molecule has 150 valence electrons. The van der Waals surface area contributed by atoms with Gasteiger partial charge in [0.05, 0.1) is 16.9 Å². The summed E-state index contributed by atoms with van der Waals surface area (Å²) in [5.41, 5.74) is 2.23. The Kier molecular flexibility index (Phi) is 5.82. The normalized spacial score (nSPS) is 12.1. The molecule has 0 aliphatic heterocycles. The Balaban J connectivity index is 1.72. The lowest BCUT2D eigenvalue weighted by Crippen LogP contribution is -2.49. The second-order valence-corrected chi connectivity index (χ2v) is 8.24. The lowest BCUT2D eigenvalue weighted by Gasteiger charge is -2.37. The Morgan fingerprint density at radius 2 is 1.41 bits per heavy atom. The molecule has 0 aliphatic carbocycles. The number of aliphatic hydroxyl groups is 1. The van der Waals surface area contributed by atoms with Gasteiger partial charge in [-0.2, -0.15) is 0 Å². The second-order valence-electron chi connectivity index (χ2n) is 8.24. The van der Waals surface area contributed by atoms with Gasteiger partial charge in [0.25, 0.3) is 0 Å². The van der Waals surface area contributed by atoms with Crippen LogP contribution in [-0.2, 0) is 4.65 Å². The number of rotatable bonds is 6. The maximum absolute atomic E-state index is 10.2. The van der Waals surface area contributed by atoms with Crippen molar-refractivity contribution < 1.29 is 9.76 Å². The first-order valence-corrected chi connectivity index (χ1v) is 9.66. The predicted molar refractivity (Wildman–Crippen MR) is 116 cm³/mol. The van der Waals surface area contributed by atoms with Crippen LogP contribution >= 0.6 is 0 Å². The molecule has 0 saturated carbocycles. The third kappa shape index (κ3) is 5.05. The van der Waals surface area contributed by atoms with Crippen molar-refractivity contribution in [3.63, 3.8) is 0 Å². The molecule has 0 atom stereocenters. The number of benzene rings is 1. The molecule has 2 aromatic heterocycles. The summed E-state index contributed by atoms with van der Waals surface area (Å²) in [5.74, 6) is 2.03.